The van der Waals surface area contributed by atoms with Crippen molar-refractivity contribution in [1.29, 1.82) is 0 Å². The van der Waals surface area contributed by atoms with Crippen LogP contribution in [0.4, 0.5) is 4.79 Å². The standard InChI is InChI=1S/C12H16N4O5/c1-3-21-10(17)7-13-12(19)16-15-11(18)8-5-4-6-9(14-8)20-2/h4-6H,3,7H2,1-2H3,(H,15,18)(H2,13,16,19). The van der Waals surface area contributed by atoms with Gasteiger partial charge in [-0.15, -0.1) is 0 Å². The Kier molecular flexibility index (Phi) is 6.45. The summed E-state index contributed by atoms with van der Waals surface area (Å²) in [5.74, 6) is -0.928. The topological polar surface area (TPSA) is 119 Å². The summed E-state index contributed by atoms with van der Waals surface area (Å²) in [6.07, 6.45) is 0. The summed E-state index contributed by atoms with van der Waals surface area (Å²) >= 11 is 0. The lowest BCUT2D eigenvalue weighted by Gasteiger charge is -2.08. The largest absolute Gasteiger partial charge is 0.481 e. The Labute approximate surface area is 121 Å². The Morgan fingerprint density at radius 2 is 2.00 bits per heavy atom. The summed E-state index contributed by atoms with van der Waals surface area (Å²) in [4.78, 5) is 37.9. The van der Waals surface area contributed by atoms with Crippen LogP contribution in [0, 0.1) is 0 Å². The van der Waals surface area contributed by atoms with Gasteiger partial charge < -0.3 is 14.8 Å². The van der Waals surface area contributed by atoms with E-state index in [1.807, 2.05) is 0 Å². The Morgan fingerprint density at radius 3 is 2.67 bits per heavy atom. The van der Waals surface area contributed by atoms with Crippen LogP contribution in [0.15, 0.2) is 18.2 Å². The number of hydrogen-bond acceptors (Lipinski definition) is 6. The van der Waals surface area contributed by atoms with Crippen molar-refractivity contribution in [3.8, 4) is 5.88 Å². The highest BCUT2D eigenvalue weighted by molar-refractivity contribution is 5.93. The SMILES string of the molecule is CCOC(=O)CNC(=O)NNC(=O)c1cccc(OC)n1. The number of carbonyl (C=O) groups is 3. The summed E-state index contributed by atoms with van der Waals surface area (Å²) in [5.41, 5.74) is 4.28. The zero-order valence-corrected chi connectivity index (χ0v) is 11.6. The maximum atomic E-state index is 11.7. The first-order valence-electron chi connectivity index (χ1n) is 6.07. The molecule has 3 amide bonds. The number of urea groups is 1. The van der Waals surface area contributed by atoms with E-state index in [0.29, 0.717) is 0 Å². The summed E-state index contributed by atoms with van der Waals surface area (Å²) in [7, 11) is 1.42. The molecule has 114 valence electrons. The average molecular weight is 296 g/mol. The number of pyridine rings is 1. The van der Waals surface area contributed by atoms with Gasteiger partial charge in [0.2, 0.25) is 5.88 Å². The summed E-state index contributed by atoms with van der Waals surface area (Å²) < 4.78 is 9.50. The molecule has 21 heavy (non-hydrogen) atoms. The maximum Gasteiger partial charge on any atom is 0.333 e. The molecule has 0 aliphatic carbocycles. The van der Waals surface area contributed by atoms with Crippen molar-refractivity contribution in [3.63, 3.8) is 0 Å². The van der Waals surface area contributed by atoms with Gasteiger partial charge in [-0.05, 0) is 13.0 Å². The number of nitrogens with zero attached hydrogens (tertiary/aromatic N) is 1. The van der Waals surface area contributed by atoms with Crippen LogP contribution in [-0.2, 0) is 9.53 Å². The molecule has 9 heteroatoms. The lowest BCUT2D eigenvalue weighted by atomic mass is 10.3. The van der Waals surface area contributed by atoms with Crippen LogP contribution < -0.4 is 20.9 Å². The van der Waals surface area contributed by atoms with Gasteiger partial charge in [0, 0.05) is 6.07 Å². The van der Waals surface area contributed by atoms with E-state index >= 15 is 0 Å². The predicted molar refractivity (Wildman–Crippen MR) is 71.4 cm³/mol. The van der Waals surface area contributed by atoms with Crippen LogP contribution in [0.2, 0.25) is 0 Å². The fourth-order valence-electron chi connectivity index (χ4n) is 1.24. The third kappa shape index (κ3) is 5.76. The van der Waals surface area contributed by atoms with Gasteiger partial charge in [0.05, 0.1) is 13.7 Å². The van der Waals surface area contributed by atoms with Crippen molar-refractivity contribution in [1.82, 2.24) is 21.2 Å². The highest BCUT2D eigenvalue weighted by atomic mass is 16.5. The van der Waals surface area contributed by atoms with Gasteiger partial charge >= 0.3 is 12.0 Å². The Bertz CT molecular complexity index is 520. The number of hydrogen-bond donors (Lipinski definition) is 3. The third-order valence-electron chi connectivity index (χ3n) is 2.15. The second-order valence-electron chi connectivity index (χ2n) is 3.63. The lowest BCUT2D eigenvalue weighted by molar-refractivity contribution is -0.141. The highest BCUT2D eigenvalue weighted by Gasteiger charge is 2.10. The number of carbonyl (C=O) groups excluding carboxylic acids is 3. The predicted octanol–water partition coefficient (Wildman–Crippen LogP) is -0.403. The third-order valence-corrected chi connectivity index (χ3v) is 2.15. The van der Waals surface area contributed by atoms with E-state index in [0.717, 1.165) is 0 Å². The molecular weight excluding hydrogens is 280 g/mol. The van der Waals surface area contributed by atoms with E-state index < -0.39 is 17.9 Å². The molecule has 0 saturated heterocycles. The summed E-state index contributed by atoms with van der Waals surface area (Å²) in [6.45, 7) is 1.58. The molecule has 3 N–H and O–H groups in total. The number of hydrazine groups is 1. The fraction of sp³-hybridized carbons (Fsp3) is 0.333. The van der Waals surface area contributed by atoms with E-state index in [9.17, 15) is 14.4 Å². The van der Waals surface area contributed by atoms with Crippen LogP contribution in [0.25, 0.3) is 0 Å². The van der Waals surface area contributed by atoms with Gasteiger partial charge in [-0.25, -0.2) is 15.2 Å². The van der Waals surface area contributed by atoms with Gasteiger partial charge in [-0.1, -0.05) is 6.07 Å². The molecular formula is C12H16N4O5. The van der Waals surface area contributed by atoms with E-state index in [1.165, 1.54) is 13.2 Å². The molecule has 0 radical (unpaired) electrons. The van der Waals surface area contributed by atoms with Crippen LogP contribution in [0.3, 0.4) is 0 Å². The van der Waals surface area contributed by atoms with Crippen molar-refractivity contribution in [3.05, 3.63) is 23.9 Å². The Balaban J connectivity index is 2.38. The van der Waals surface area contributed by atoms with Crippen LogP contribution in [-0.4, -0.2) is 43.2 Å². The molecule has 0 spiro atoms. The molecule has 0 aliphatic heterocycles. The second kappa shape index (κ2) is 8.35. The molecule has 1 aromatic heterocycles. The van der Waals surface area contributed by atoms with Crippen molar-refractivity contribution >= 4 is 17.9 Å². The van der Waals surface area contributed by atoms with Crippen molar-refractivity contribution < 1.29 is 23.9 Å². The Morgan fingerprint density at radius 1 is 1.24 bits per heavy atom. The Hall–Kier alpha value is -2.84. The number of ether oxygens (including phenoxy) is 2. The number of rotatable bonds is 5. The average Bonchev–Trinajstić information content (AvgIpc) is 2.50. The van der Waals surface area contributed by atoms with Gasteiger partial charge in [0.1, 0.15) is 12.2 Å². The molecule has 0 aromatic carbocycles. The molecule has 9 nitrogen and oxygen atoms in total. The molecule has 0 bridgehead atoms. The number of aromatic nitrogens is 1. The van der Waals surface area contributed by atoms with Crippen molar-refractivity contribution in [2.45, 2.75) is 6.92 Å². The molecule has 0 atom stereocenters. The smallest absolute Gasteiger partial charge is 0.333 e. The van der Waals surface area contributed by atoms with E-state index in [2.05, 4.69) is 25.9 Å². The molecule has 0 aliphatic rings. The van der Waals surface area contributed by atoms with E-state index in [1.54, 1.807) is 19.1 Å². The fourth-order valence-corrected chi connectivity index (χ4v) is 1.24. The number of methoxy groups -OCH3 is 1. The number of amides is 3. The first kappa shape index (κ1) is 16.2. The minimum atomic E-state index is -0.751. The monoisotopic (exact) mass is 296 g/mol. The summed E-state index contributed by atoms with van der Waals surface area (Å²) in [5, 5.41) is 2.21. The van der Waals surface area contributed by atoms with Gasteiger partial charge in [-0.3, -0.25) is 15.0 Å². The second-order valence-corrected chi connectivity index (χ2v) is 3.63. The molecule has 1 heterocycles. The normalized spacial score (nSPS) is 9.43. The molecule has 0 saturated carbocycles. The first-order valence-corrected chi connectivity index (χ1v) is 6.07. The van der Waals surface area contributed by atoms with E-state index in [-0.39, 0.29) is 24.7 Å². The van der Waals surface area contributed by atoms with Crippen LogP contribution >= 0.6 is 0 Å². The highest BCUT2D eigenvalue weighted by Crippen LogP contribution is 2.05. The lowest BCUT2D eigenvalue weighted by Crippen LogP contribution is -2.48. The van der Waals surface area contributed by atoms with E-state index in [4.69, 9.17) is 4.74 Å². The molecule has 1 aromatic rings. The minimum absolute atomic E-state index is 0.0695. The number of esters is 1. The zero-order chi connectivity index (χ0) is 15.7. The molecule has 0 unspecified atom stereocenters. The summed E-state index contributed by atoms with van der Waals surface area (Å²) in [6, 6.07) is 3.87. The van der Waals surface area contributed by atoms with Crippen molar-refractivity contribution in [2.24, 2.45) is 0 Å². The quantitative estimate of drug-likeness (QED) is 0.502. The van der Waals surface area contributed by atoms with Gasteiger partial charge in [0.25, 0.3) is 5.91 Å². The van der Waals surface area contributed by atoms with Crippen LogP contribution in [0.1, 0.15) is 17.4 Å². The molecule has 0 fully saturated rings. The maximum absolute atomic E-state index is 11.7. The van der Waals surface area contributed by atoms with Gasteiger partial charge in [0.15, 0.2) is 0 Å². The number of nitrogens with one attached hydrogen (secondary N) is 3. The van der Waals surface area contributed by atoms with Crippen LogP contribution in [0.5, 0.6) is 5.88 Å². The minimum Gasteiger partial charge on any atom is -0.481 e. The first-order chi connectivity index (χ1) is 10.1. The van der Waals surface area contributed by atoms with Crippen molar-refractivity contribution in [2.75, 3.05) is 20.3 Å². The van der Waals surface area contributed by atoms with Gasteiger partial charge in [-0.2, -0.15) is 0 Å². The molecule has 1 rings (SSSR count). The zero-order valence-electron chi connectivity index (χ0n) is 11.6.